The van der Waals surface area contributed by atoms with Crippen molar-refractivity contribution < 1.29 is 14.3 Å². The minimum Gasteiger partial charge on any atom is -0.381 e. The van der Waals surface area contributed by atoms with Crippen LogP contribution in [0.4, 0.5) is 4.79 Å². The lowest BCUT2D eigenvalue weighted by Gasteiger charge is -2.35. The number of likely N-dealkylation sites (N-methyl/N-ethyl adjacent to an activating group) is 1. The number of piperazine rings is 1. The van der Waals surface area contributed by atoms with E-state index >= 15 is 0 Å². The minimum atomic E-state index is -0.356. The second kappa shape index (κ2) is 7.75. The summed E-state index contributed by atoms with van der Waals surface area (Å²) in [6, 6.07) is -0.451. The first-order valence-corrected chi connectivity index (χ1v) is 7.96. The maximum atomic E-state index is 12.4. The van der Waals surface area contributed by atoms with E-state index in [2.05, 4.69) is 17.3 Å². The number of Topliss-reactive ketones (excluding diaryl/α,β-unsaturated/α-hetero) is 1. The number of hydrogen-bond acceptors (Lipinski definition) is 4. The van der Waals surface area contributed by atoms with Gasteiger partial charge in [0.05, 0.1) is 6.04 Å². The molecule has 2 saturated heterocycles. The van der Waals surface area contributed by atoms with E-state index < -0.39 is 0 Å². The van der Waals surface area contributed by atoms with Crippen molar-refractivity contribution in [3.63, 3.8) is 0 Å². The van der Waals surface area contributed by atoms with Gasteiger partial charge in [-0.3, -0.25) is 4.79 Å². The third-order valence-electron chi connectivity index (χ3n) is 4.50. The molecule has 0 aliphatic carbocycles. The Bertz CT molecular complexity index is 361. The van der Waals surface area contributed by atoms with E-state index in [1.807, 2.05) is 11.8 Å². The highest BCUT2D eigenvalue weighted by molar-refractivity contribution is 5.88. The Morgan fingerprint density at radius 1 is 1.19 bits per heavy atom. The van der Waals surface area contributed by atoms with Gasteiger partial charge in [0, 0.05) is 45.8 Å². The molecule has 0 aromatic rings. The second-order valence-corrected chi connectivity index (χ2v) is 5.99. The summed E-state index contributed by atoms with van der Waals surface area (Å²) in [5.74, 6) is 0.340. The third kappa shape index (κ3) is 4.41. The monoisotopic (exact) mass is 297 g/mol. The summed E-state index contributed by atoms with van der Waals surface area (Å²) < 4.78 is 5.36. The molecule has 120 valence electrons. The third-order valence-corrected chi connectivity index (χ3v) is 4.50. The van der Waals surface area contributed by atoms with Gasteiger partial charge in [0.1, 0.15) is 0 Å². The number of ether oxygens (including phenoxy) is 1. The molecule has 0 radical (unpaired) electrons. The second-order valence-electron chi connectivity index (χ2n) is 5.99. The van der Waals surface area contributed by atoms with Crippen LogP contribution in [0.15, 0.2) is 0 Å². The van der Waals surface area contributed by atoms with Crippen LogP contribution >= 0.6 is 0 Å². The summed E-state index contributed by atoms with van der Waals surface area (Å²) in [5.41, 5.74) is 0. The quantitative estimate of drug-likeness (QED) is 0.830. The first-order chi connectivity index (χ1) is 10.1. The zero-order chi connectivity index (χ0) is 15.2. The average molecular weight is 297 g/mol. The van der Waals surface area contributed by atoms with Crippen molar-refractivity contribution in [2.45, 2.75) is 32.2 Å². The van der Waals surface area contributed by atoms with E-state index in [1.165, 1.54) is 0 Å². The molecule has 2 aliphatic rings. The molecule has 6 nitrogen and oxygen atoms in total. The van der Waals surface area contributed by atoms with Crippen LogP contribution in [-0.2, 0) is 9.53 Å². The van der Waals surface area contributed by atoms with Crippen molar-refractivity contribution in [1.82, 2.24) is 15.1 Å². The van der Waals surface area contributed by atoms with Gasteiger partial charge in [-0.25, -0.2) is 4.79 Å². The molecule has 1 unspecified atom stereocenters. The highest BCUT2D eigenvalue weighted by Gasteiger charge is 2.31. The zero-order valence-corrected chi connectivity index (χ0v) is 13.1. The lowest BCUT2D eigenvalue weighted by atomic mass is 9.88. The Kier molecular flexibility index (Phi) is 5.99. The number of ketones is 1. The van der Waals surface area contributed by atoms with Gasteiger partial charge < -0.3 is 19.9 Å². The first kappa shape index (κ1) is 16.2. The fourth-order valence-electron chi connectivity index (χ4n) is 2.96. The van der Waals surface area contributed by atoms with Crippen LogP contribution in [-0.4, -0.2) is 74.1 Å². The predicted molar refractivity (Wildman–Crippen MR) is 80.2 cm³/mol. The van der Waals surface area contributed by atoms with E-state index in [-0.39, 0.29) is 23.8 Å². The summed E-state index contributed by atoms with van der Waals surface area (Å²) >= 11 is 0. The molecular formula is C15H27N3O3. The molecule has 0 spiro atoms. The molecule has 0 aromatic carbocycles. The molecule has 21 heavy (non-hydrogen) atoms. The van der Waals surface area contributed by atoms with Gasteiger partial charge >= 0.3 is 6.03 Å². The van der Waals surface area contributed by atoms with Crippen LogP contribution in [0.3, 0.4) is 0 Å². The maximum Gasteiger partial charge on any atom is 0.318 e. The number of amides is 2. The van der Waals surface area contributed by atoms with E-state index in [1.54, 1.807) is 0 Å². The van der Waals surface area contributed by atoms with Crippen molar-refractivity contribution in [2.24, 2.45) is 5.92 Å². The van der Waals surface area contributed by atoms with Crippen LogP contribution in [0, 0.1) is 5.92 Å². The smallest absolute Gasteiger partial charge is 0.318 e. The van der Waals surface area contributed by atoms with Gasteiger partial charge in [0.25, 0.3) is 0 Å². The lowest BCUT2D eigenvalue weighted by molar-refractivity contribution is -0.122. The van der Waals surface area contributed by atoms with E-state index in [9.17, 15) is 9.59 Å². The van der Waals surface area contributed by atoms with Crippen LogP contribution in [0.25, 0.3) is 0 Å². The number of nitrogens with zero attached hydrogens (tertiary/aromatic N) is 2. The van der Waals surface area contributed by atoms with Gasteiger partial charge in [-0.05, 0) is 25.8 Å². The molecule has 2 fully saturated rings. The Balaban J connectivity index is 1.94. The van der Waals surface area contributed by atoms with Crippen molar-refractivity contribution in [3.8, 4) is 0 Å². The number of carbonyl (C=O) groups is 2. The first-order valence-electron chi connectivity index (χ1n) is 7.96. The van der Waals surface area contributed by atoms with E-state index in [0.717, 1.165) is 39.0 Å². The minimum absolute atomic E-state index is 0.0959. The van der Waals surface area contributed by atoms with Crippen molar-refractivity contribution in [3.05, 3.63) is 0 Å². The fraction of sp³-hybridized carbons (Fsp3) is 0.867. The van der Waals surface area contributed by atoms with Crippen LogP contribution in [0.5, 0.6) is 0 Å². The van der Waals surface area contributed by atoms with Crippen molar-refractivity contribution >= 4 is 11.8 Å². The summed E-state index contributed by atoms with van der Waals surface area (Å²) in [6.45, 7) is 6.45. The molecule has 2 heterocycles. The summed E-state index contributed by atoms with van der Waals surface area (Å²) in [4.78, 5) is 28.6. The van der Waals surface area contributed by atoms with Crippen LogP contribution in [0.2, 0.25) is 0 Å². The van der Waals surface area contributed by atoms with Gasteiger partial charge in [-0.1, -0.05) is 6.92 Å². The molecule has 2 rings (SSSR count). The highest BCUT2D eigenvalue weighted by Crippen LogP contribution is 2.20. The molecule has 2 aliphatic heterocycles. The molecule has 0 aromatic heterocycles. The molecule has 1 N–H and O–H groups in total. The van der Waals surface area contributed by atoms with Crippen LogP contribution in [0.1, 0.15) is 26.2 Å². The number of urea groups is 1. The molecule has 0 saturated carbocycles. The maximum absolute atomic E-state index is 12.4. The normalized spacial score (nSPS) is 22.9. The number of hydrogen-bond donors (Lipinski definition) is 1. The Hall–Kier alpha value is -1.14. The topological polar surface area (TPSA) is 61.9 Å². The number of carbonyl (C=O) groups excluding carboxylic acids is 2. The SMILES string of the molecule is CCC(=O)C(NC(=O)N1CCN(C)CC1)C1CCOCC1. The summed E-state index contributed by atoms with van der Waals surface area (Å²) in [5, 5.41) is 2.99. The molecule has 1 atom stereocenters. The highest BCUT2D eigenvalue weighted by atomic mass is 16.5. The number of rotatable bonds is 4. The van der Waals surface area contributed by atoms with Crippen molar-refractivity contribution in [2.75, 3.05) is 46.4 Å². The van der Waals surface area contributed by atoms with Crippen molar-refractivity contribution in [1.29, 1.82) is 0 Å². The van der Waals surface area contributed by atoms with Gasteiger partial charge in [-0.2, -0.15) is 0 Å². The summed E-state index contributed by atoms with van der Waals surface area (Å²) in [7, 11) is 2.06. The largest absolute Gasteiger partial charge is 0.381 e. The fourth-order valence-corrected chi connectivity index (χ4v) is 2.96. The van der Waals surface area contributed by atoms with Gasteiger partial charge in [-0.15, -0.1) is 0 Å². The standard InChI is InChI=1S/C15H27N3O3/c1-3-13(19)14(12-4-10-21-11-5-12)16-15(20)18-8-6-17(2)7-9-18/h12,14H,3-11H2,1-2H3,(H,16,20). The number of nitrogens with one attached hydrogen (secondary N) is 1. The van der Waals surface area contributed by atoms with Crippen LogP contribution < -0.4 is 5.32 Å². The van der Waals surface area contributed by atoms with Gasteiger partial charge in [0.15, 0.2) is 5.78 Å². The molecule has 2 amide bonds. The van der Waals surface area contributed by atoms with E-state index in [0.29, 0.717) is 19.6 Å². The average Bonchev–Trinajstić information content (AvgIpc) is 2.53. The molecule has 6 heteroatoms. The molecule has 0 bridgehead atoms. The van der Waals surface area contributed by atoms with E-state index in [4.69, 9.17) is 4.74 Å². The molecular weight excluding hydrogens is 270 g/mol. The Labute approximate surface area is 126 Å². The summed E-state index contributed by atoms with van der Waals surface area (Å²) in [6.07, 6.45) is 2.16. The lowest BCUT2D eigenvalue weighted by Crippen LogP contribution is -2.55. The van der Waals surface area contributed by atoms with Gasteiger partial charge in [0.2, 0.25) is 0 Å². The Morgan fingerprint density at radius 3 is 2.38 bits per heavy atom. The zero-order valence-electron chi connectivity index (χ0n) is 13.1. The predicted octanol–water partition coefficient (Wildman–Crippen LogP) is 0.718. The Morgan fingerprint density at radius 2 is 1.81 bits per heavy atom.